The third-order valence-corrected chi connectivity index (χ3v) is 3.19. The van der Waals surface area contributed by atoms with Crippen LogP contribution in [0.5, 0.6) is 0 Å². The fraction of sp³-hybridized carbons (Fsp3) is 0.250. The summed E-state index contributed by atoms with van der Waals surface area (Å²) in [6, 6.07) is 6.50. The Hall–Kier alpha value is -1.79. The van der Waals surface area contributed by atoms with E-state index >= 15 is 0 Å². The van der Waals surface area contributed by atoms with Gasteiger partial charge in [0.25, 0.3) is 11.8 Å². The average Bonchev–Trinajstić information content (AvgIpc) is 2.71. The summed E-state index contributed by atoms with van der Waals surface area (Å²) in [6.45, 7) is 0. The van der Waals surface area contributed by atoms with Crippen molar-refractivity contribution in [3.05, 3.63) is 34.9 Å². The molecule has 1 saturated heterocycles. The molecule has 106 valence electrons. The van der Waals surface area contributed by atoms with Gasteiger partial charge in [-0.05, 0) is 6.07 Å². The number of benzene rings is 1. The number of alkyl halides is 1. The van der Waals surface area contributed by atoms with Crippen LogP contribution in [0.1, 0.15) is 24.0 Å². The highest BCUT2D eigenvalue weighted by Gasteiger charge is 2.34. The molecular formula is C12H9Cl2NO5. The molecule has 0 aromatic heterocycles. The Bertz CT molecular complexity index is 547. The van der Waals surface area contributed by atoms with Crippen molar-refractivity contribution < 1.29 is 24.0 Å². The molecule has 2 amide bonds. The van der Waals surface area contributed by atoms with Gasteiger partial charge < -0.3 is 4.74 Å². The Morgan fingerprint density at radius 1 is 1.20 bits per heavy atom. The average molecular weight is 318 g/mol. The van der Waals surface area contributed by atoms with Crippen LogP contribution in [0.2, 0.25) is 5.02 Å². The van der Waals surface area contributed by atoms with E-state index in [2.05, 4.69) is 4.84 Å². The van der Waals surface area contributed by atoms with Gasteiger partial charge in [-0.1, -0.05) is 46.5 Å². The second-order valence-electron chi connectivity index (χ2n) is 3.88. The van der Waals surface area contributed by atoms with Crippen LogP contribution in [0.25, 0.3) is 0 Å². The molecule has 1 aromatic carbocycles. The van der Waals surface area contributed by atoms with E-state index in [-0.39, 0.29) is 12.8 Å². The molecule has 8 heteroatoms. The molecule has 1 aromatic rings. The summed E-state index contributed by atoms with van der Waals surface area (Å²) in [5.74, 6) is -1.20. The molecule has 1 heterocycles. The van der Waals surface area contributed by atoms with Crippen LogP contribution in [0.4, 0.5) is 4.79 Å². The predicted octanol–water partition coefficient (Wildman–Crippen LogP) is 2.79. The van der Waals surface area contributed by atoms with E-state index < -0.39 is 23.5 Å². The number of amides is 2. The van der Waals surface area contributed by atoms with Gasteiger partial charge in [-0.2, -0.15) is 0 Å². The van der Waals surface area contributed by atoms with Gasteiger partial charge >= 0.3 is 6.16 Å². The lowest BCUT2D eigenvalue weighted by Gasteiger charge is -2.15. The van der Waals surface area contributed by atoms with Crippen LogP contribution in [-0.2, 0) is 19.2 Å². The first-order valence-electron chi connectivity index (χ1n) is 5.62. The van der Waals surface area contributed by atoms with Gasteiger partial charge in [0.2, 0.25) is 5.56 Å². The molecule has 1 unspecified atom stereocenters. The lowest BCUT2D eigenvalue weighted by Crippen LogP contribution is -2.32. The van der Waals surface area contributed by atoms with Gasteiger partial charge in [0.05, 0.1) is 0 Å². The summed E-state index contributed by atoms with van der Waals surface area (Å²) in [5.41, 5.74) is -0.823. The minimum Gasteiger partial charge on any atom is -0.408 e. The van der Waals surface area contributed by atoms with E-state index in [4.69, 9.17) is 27.9 Å². The van der Waals surface area contributed by atoms with E-state index in [0.717, 1.165) is 0 Å². The molecule has 0 saturated carbocycles. The number of ether oxygens (including phenoxy) is 1. The van der Waals surface area contributed by atoms with Crippen molar-refractivity contribution >= 4 is 41.2 Å². The largest absolute Gasteiger partial charge is 0.535 e. The van der Waals surface area contributed by atoms with Crippen LogP contribution >= 0.6 is 23.2 Å². The maximum absolute atomic E-state index is 11.5. The highest BCUT2D eigenvalue weighted by Crippen LogP contribution is 2.29. The van der Waals surface area contributed by atoms with Crippen molar-refractivity contribution in [3.63, 3.8) is 0 Å². The lowest BCUT2D eigenvalue weighted by atomic mass is 10.2. The number of hydrogen-bond donors (Lipinski definition) is 0. The van der Waals surface area contributed by atoms with Crippen LogP contribution in [-0.4, -0.2) is 23.0 Å². The number of halogens is 2. The number of carbonyl (C=O) groups is 3. The van der Waals surface area contributed by atoms with Crippen molar-refractivity contribution in [2.45, 2.75) is 18.4 Å². The van der Waals surface area contributed by atoms with Crippen molar-refractivity contribution in [3.8, 4) is 0 Å². The Kier molecular flexibility index (Phi) is 4.46. The SMILES string of the molecule is O=C(OC(Cl)c1ccccc1Cl)ON1C(=O)CCC1=O. The summed E-state index contributed by atoms with van der Waals surface area (Å²) >= 11 is 11.8. The number of hydrogen-bond acceptors (Lipinski definition) is 5. The Morgan fingerprint density at radius 3 is 2.40 bits per heavy atom. The summed E-state index contributed by atoms with van der Waals surface area (Å²) < 4.78 is 4.75. The third kappa shape index (κ3) is 3.20. The quantitative estimate of drug-likeness (QED) is 0.487. The summed E-state index contributed by atoms with van der Waals surface area (Å²) in [4.78, 5) is 38.5. The fourth-order valence-electron chi connectivity index (χ4n) is 1.56. The van der Waals surface area contributed by atoms with Crippen molar-refractivity contribution in [1.82, 2.24) is 5.06 Å². The molecule has 1 atom stereocenters. The molecular weight excluding hydrogens is 309 g/mol. The van der Waals surface area contributed by atoms with Crippen LogP contribution in [0.15, 0.2) is 24.3 Å². The molecule has 1 fully saturated rings. The summed E-state index contributed by atoms with van der Waals surface area (Å²) in [6.07, 6.45) is -1.25. The van der Waals surface area contributed by atoms with E-state index in [1.165, 1.54) is 0 Å². The fourth-order valence-corrected chi connectivity index (χ4v) is 2.11. The molecule has 1 aliphatic rings. The molecule has 0 N–H and O–H groups in total. The van der Waals surface area contributed by atoms with Gasteiger partial charge in [-0.25, -0.2) is 4.79 Å². The minimum atomic E-state index is -1.26. The number of imide groups is 1. The molecule has 0 aliphatic carbocycles. The van der Waals surface area contributed by atoms with E-state index in [1.54, 1.807) is 24.3 Å². The molecule has 0 radical (unpaired) electrons. The molecule has 6 nitrogen and oxygen atoms in total. The molecule has 0 spiro atoms. The summed E-state index contributed by atoms with van der Waals surface area (Å²) in [7, 11) is 0. The van der Waals surface area contributed by atoms with Crippen LogP contribution in [0.3, 0.4) is 0 Å². The second-order valence-corrected chi connectivity index (χ2v) is 4.68. The molecule has 20 heavy (non-hydrogen) atoms. The molecule has 0 bridgehead atoms. The minimum absolute atomic E-state index is 0.000923. The maximum Gasteiger partial charge on any atom is 0.535 e. The normalized spacial score (nSPS) is 16.2. The first kappa shape index (κ1) is 14.6. The van der Waals surface area contributed by atoms with Crippen molar-refractivity contribution in [2.24, 2.45) is 0 Å². The van der Waals surface area contributed by atoms with Crippen molar-refractivity contribution in [2.75, 3.05) is 0 Å². The smallest absolute Gasteiger partial charge is 0.408 e. The van der Waals surface area contributed by atoms with Gasteiger partial charge in [0, 0.05) is 23.4 Å². The highest BCUT2D eigenvalue weighted by atomic mass is 35.5. The number of carbonyl (C=O) groups excluding carboxylic acids is 3. The Labute approximate surface area is 124 Å². The van der Waals surface area contributed by atoms with Crippen molar-refractivity contribution in [1.29, 1.82) is 0 Å². The first-order valence-corrected chi connectivity index (χ1v) is 6.43. The van der Waals surface area contributed by atoms with Crippen LogP contribution in [0, 0.1) is 0 Å². The van der Waals surface area contributed by atoms with Gasteiger partial charge in [-0.3, -0.25) is 14.4 Å². The van der Waals surface area contributed by atoms with Gasteiger partial charge in [0.1, 0.15) is 0 Å². The van der Waals surface area contributed by atoms with Crippen LogP contribution < -0.4 is 0 Å². The Balaban J connectivity index is 1.96. The number of rotatable bonds is 3. The number of nitrogens with zero attached hydrogens (tertiary/aromatic N) is 1. The summed E-state index contributed by atoms with van der Waals surface area (Å²) in [5, 5.41) is 0.687. The second kappa shape index (κ2) is 6.11. The first-order chi connectivity index (χ1) is 9.49. The predicted molar refractivity (Wildman–Crippen MR) is 68.7 cm³/mol. The zero-order valence-corrected chi connectivity index (χ0v) is 11.6. The topological polar surface area (TPSA) is 72.9 Å². The molecule has 2 rings (SSSR count). The third-order valence-electron chi connectivity index (χ3n) is 2.52. The molecule has 1 aliphatic heterocycles. The Morgan fingerprint density at radius 2 is 1.80 bits per heavy atom. The standard InChI is InChI=1S/C12H9Cl2NO5/c13-8-4-2-1-3-7(8)11(14)19-12(18)20-15-9(16)5-6-10(15)17/h1-4,11H,5-6H2. The van der Waals surface area contributed by atoms with E-state index in [1.807, 2.05) is 0 Å². The van der Waals surface area contributed by atoms with Gasteiger partial charge in [0.15, 0.2) is 0 Å². The zero-order valence-electron chi connectivity index (χ0n) is 10.0. The maximum atomic E-state index is 11.5. The zero-order chi connectivity index (χ0) is 14.7. The monoisotopic (exact) mass is 317 g/mol. The highest BCUT2D eigenvalue weighted by molar-refractivity contribution is 6.32. The lowest BCUT2D eigenvalue weighted by molar-refractivity contribution is -0.177. The van der Waals surface area contributed by atoms with E-state index in [0.29, 0.717) is 15.6 Å². The number of hydroxylamine groups is 2. The van der Waals surface area contributed by atoms with E-state index in [9.17, 15) is 14.4 Å². The van der Waals surface area contributed by atoms with Gasteiger partial charge in [-0.15, -0.1) is 0 Å².